The summed E-state index contributed by atoms with van der Waals surface area (Å²) in [6.45, 7) is 1.71. The molecule has 8 heteroatoms. The third-order valence-electron chi connectivity index (χ3n) is 4.11. The van der Waals surface area contributed by atoms with Gasteiger partial charge in [0, 0.05) is 18.6 Å². The number of aliphatic carboxylic acids is 1. The lowest BCUT2D eigenvalue weighted by Crippen LogP contribution is -2.40. The number of hydrogen-bond donors (Lipinski definition) is 2. The van der Waals surface area contributed by atoms with Gasteiger partial charge >= 0.3 is 5.97 Å². The highest BCUT2D eigenvalue weighted by Crippen LogP contribution is 2.37. The zero-order chi connectivity index (χ0) is 17.1. The first-order valence-electron chi connectivity index (χ1n) is 7.90. The number of nitrogens with one attached hydrogen (secondary N) is 1. The van der Waals surface area contributed by atoms with E-state index in [4.69, 9.17) is 26.2 Å². The summed E-state index contributed by atoms with van der Waals surface area (Å²) in [5.74, 6) is -0.105. The van der Waals surface area contributed by atoms with Crippen molar-refractivity contribution in [3.63, 3.8) is 0 Å². The molecule has 0 unspecified atom stereocenters. The molecule has 0 radical (unpaired) electrons. The molecule has 3 rings (SSSR count). The molecule has 0 aliphatic carbocycles. The Morgan fingerprint density at radius 2 is 1.96 bits per heavy atom. The molecule has 2 aliphatic heterocycles. The van der Waals surface area contributed by atoms with Crippen molar-refractivity contribution in [2.75, 3.05) is 31.6 Å². The molecule has 2 N–H and O–H groups in total. The maximum atomic E-state index is 12.2. The van der Waals surface area contributed by atoms with Gasteiger partial charge in [-0.3, -0.25) is 14.5 Å². The largest absolute Gasteiger partial charge is 0.490 e. The van der Waals surface area contributed by atoms with Gasteiger partial charge in [-0.05, 0) is 19.4 Å². The van der Waals surface area contributed by atoms with Crippen LogP contribution in [0, 0.1) is 0 Å². The van der Waals surface area contributed by atoms with Crippen molar-refractivity contribution in [3.05, 3.63) is 17.2 Å². The topological polar surface area (TPSA) is 88.1 Å². The van der Waals surface area contributed by atoms with Gasteiger partial charge in [0.25, 0.3) is 0 Å². The molecule has 1 saturated heterocycles. The Balaban J connectivity index is 1.68. The Morgan fingerprint density at radius 3 is 2.67 bits per heavy atom. The van der Waals surface area contributed by atoms with Gasteiger partial charge in [0.05, 0.1) is 30.5 Å². The lowest BCUT2D eigenvalue weighted by Gasteiger charge is -2.20. The van der Waals surface area contributed by atoms with E-state index in [-0.39, 0.29) is 12.5 Å². The van der Waals surface area contributed by atoms with Crippen LogP contribution >= 0.6 is 11.6 Å². The fourth-order valence-electron chi connectivity index (χ4n) is 2.95. The number of carbonyl (C=O) groups is 2. The van der Waals surface area contributed by atoms with Crippen LogP contribution in [0.2, 0.25) is 5.02 Å². The minimum absolute atomic E-state index is 0.0156. The number of halogens is 1. The van der Waals surface area contributed by atoms with Crippen molar-refractivity contribution < 1.29 is 24.2 Å². The summed E-state index contributed by atoms with van der Waals surface area (Å²) >= 11 is 6.20. The summed E-state index contributed by atoms with van der Waals surface area (Å²) in [7, 11) is 0. The van der Waals surface area contributed by atoms with E-state index in [0.29, 0.717) is 48.4 Å². The number of fused-ring (bicyclic) bond motifs is 1. The Labute approximate surface area is 144 Å². The third kappa shape index (κ3) is 3.73. The quantitative estimate of drug-likeness (QED) is 0.859. The molecule has 7 nitrogen and oxygen atoms in total. The number of benzene rings is 1. The van der Waals surface area contributed by atoms with Crippen LogP contribution in [0.3, 0.4) is 0 Å². The van der Waals surface area contributed by atoms with Gasteiger partial charge < -0.3 is 19.9 Å². The highest BCUT2D eigenvalue weighted by atomic mass is 35.5. The van der Waals surface area contributed by atoms with Gasteiger partial charge in [0.2, 0.25) is 5.91 Å². The van der Waals surface area contributed by atoms with Crippen molar-refractivity contribution in [1.82, 2.24) is 4.90 Å². The number of hydrogen-bond acceptors (Lipinski definition) is 5. The van der Waals surface area contributed by atoms with Crippen LogP contribution in [0.15, 0.2) is 12.1 Å². The van der Waals surface area contributed by atoms with E-state index in [1.165, 1.54) is 0 Å². The van der Waals surface area contributed by atoms with E-state index in [0.717, 1.165) is 12.8 Å². The van der Waals surface area contributed by atoms with E-state index in [2.05, 4.69) is 5.32 Å². The van der Waals surface area contributed by atoms with Crippen molar-refractivity contribution in [1.29, 1.82) is 0 Å². The molecule has 0 aromatic heterocycles. The number of nitrogens with zero attached hydrogens (tertiary/aromatic N) is 1. The van der Waals surface area contributed by atoms with Crippen LogP contribution in [0.25, 0.3) is 0 Å². The maximum Gasteiger partial charge on any atom is 0.320 e. The second-order valence-electron chi connectivity index (χ2n) is 5.84. The van der Waals surface area contributed by atoms with Crippen LogP contribution in [0.1, 0.15) is 19.3 Å². The van der Waals surface area contributed by atoms with Gasteiger partial charge in [-0.25, -0.2) is 0 Å². The highest BCUT2D eigenvalue weighted by Gasteiger charge is 2.31. The summed E-state index contributed by atoms with van der Waals surface area (Å²) in [6.07, 6.45) is 2.11. The lowest BCUT2D eigenvalue weighted by molar-refractivity contribution is -0.142. The standard InChI is InChI=1S/C16H19ClN2O5/c17-10-7-13-14(24-6-2-5-23-13)8-11(10)18-15(20)9-19-4-1-3-12(19)16(21)22/h7-8,12H,1-6,9H2,(H,18,20)(H,21,22)/t12-/m0/s1. The van der Waals surface area contributed by atoms with Crippen molar-refractivity contribution in [2.45, 2.75) is 25.3 Å². The lowest BCUT2D eigenvalue weighted by atomic mass is 10.2. The van der Waals surface area contributed by atoms with E-state index in [1.807, 2.05) is 0 Å². The summed E-state index contributed by atoms with van der Waals surface area (Å²) in [4.78, 5) is 25.1. The Morgan fingerprint density at radius 1 is 1.25 bits per heavy atom. The Hall–Kier alpha value is -1.99. The average molecular weight is 355 g/mol. The van der Waals surface area contributed by atoms with Crippen LogP contribution in [0.5, 0.6) is 11.5 Å². The fraction of sp³-hybridized carbons (Fsp3) is 0.500. The molecule has 1 aromatic carbocycles. The first-order valence-corrected chi connectivity index (χ1v) is 8.28. The first kappa shape index (κ1) is 16.9. The van der Waals surface area contributed by atoms with Gasteiger partial charge in [-0.15, -0.1) is 0 Å². The van der Waals surface area contributed by atoms with Crippen LogP contribution in [-0.4, -0.2) is 54.2 Å². The smallest absolute Gasteiger partial charge is 0.320 e. The number of rotatable bonds is 4. The zero-order valence-electron chi connectivity index (χ0n) is 13.1. The predicted molar refractivity (Wildman–Crippen MR) is 87.9 cm³/mol. The second kappa shape index (κ2) is 7.27. The maximum absolute atomic E-state index is 12.2. The molecule has 1 amide bonds. The average Bonchev–Trinajstić information content (AvgIpc) is 2.87. The number of likely N-dealkylation sites (tertiary alicyclic amines) is 1. The van der Waals surface area contributed by atoms with Crippen molar-refractivity contribution in [3.8, 4) is 11.5 Å². The molecule has 0 bridgehead atoms. The minimum Gasteiger partial charge on any atom is -0.490 e. The number of carbonyl (C=O) groups excluding carboxylic acids is 1. The highest BCUT2D eigenvalue weighted by molar-refractivity contribution is 6.34. The number of carboxylic acids is 1. The third-order valence-corrected chi connectivity index (χ3v) is 4.42. The zero-order valence-corrected chi connectivity index (χ0v) is 13.8. The van der Waals surface area contributed by atoms with Crippen molar-refractivity contribution in [2.24, 2.45) is 0 Å². The van der Waals surface area contributed by atoms with Gasteiger partial charge in [-0.2, -0.15) is 0 Å². The fourth-order valence-corrected chi connectivity index (χ4v) is 3.15. The SMILES string of the molecule is O=C(CN1CCC[C@H]1C(=O)O)Nc1cc2c(cc1Cl)OCCCO2. The number of amides is 1. The van der Waals surface area contributed by atoms with Crippen molar-refractivity contribution >= 4 is 29.2 Å². The molecule has 2 heterocycles. The molecule has 1 aromatic rings. The molecular formula is C16H19ClN2O5. The number of ether oxygens (including phenoxy) is 2. The molecule has 1 atom stereocenters. The normalized spacial score (nSPS) is 20.5. The molecule has 24 heavy (non-hydrogen) atoms. The van der Waals surface area contributed by atoms with Gasteiger partial charge in [-0.1, -0.05) is 11.6 Å². The number of carboxylic acid groups (broad SMARTS) is 1. The summed E-state index contributed by atoms with van der Waals surface area (Å²) in [5.41, 5.74) is 0.428. The van der Waals surface area contributed by atoms with E-state index in [1.54, 1.807) is 17.0 Å². The van der Waals surface area contributed by atoms with Gasteiger partial charge in [0.1, 0.15) is 6.04 Å². The van der Waals surface area contributed by atoms with Gasteiger partial charge in [0.15, 0.2) is 11.5 Å². The molecular weight excluding hydrogens is 336 g/mol. The number of anilines is 1. The summed E-state index contributed by atoms with van der Waals surface area (Å²) in [5, 5.41) is 12.2. The second-order valence-corrected chi connectivity index (χ2v) is 6.25. The Kier molecular flexibility index (Phi) is 5.11. The van der Waals surface area contributed by atoms with Crippen LogP contribution in [-0.2, 0) is 9.59 Å². The van der Waals surface area contributed by atoms with E-state index >= 15 is 0 Å². The summed E-state index contributed by atoms with van der Waals surface area (Å²) < 4.78 is 11.1. The van der Waals surface area contributed by atoms with Crippen LogP contribution in [0.4, 0.5) is 5.69 Å². The predicted octanol–water partition coefficient (Wildman–Crippen LogP) is 1.99. The molecule has 2 aliphatic rings. The van der Waals surface area contributed by atoms with E-state index < -0.39 is 12.0 Å². The first-order chi connectivity index (χ1) is 11.5. The molecule has 0 saturated carbocycles. The molecule has 1 fully saturated rings. The molecule has 0 spiro atoms. The van der Waals surface area contributed by atoms with E-state index in [9.17, 15) is 9.59 Å². The van der Waals surface area contributed by atoms with Crippen LogP contribution < -0.4 is 14.8 Å². The molecule has 130 valence electrons. The summed E-state index contributed by atoms with van der Waals surface area (Å²) in [6, 6.07) is 2.66. The monoisotopic (exact) mass is 354 g/mol. The Bertz CT molecular complexity index is 652. The minimum atomic E-state index is -0.895.